The monoisotopic (exact) mass is 286 g/mol. The van der Waals surface area contributed by atoms with Gasteiger partial charge < -0.3 is 9.84 Å². The van der Waals surface area contributed by atoms with E-state index < -0.39 is 5.60 Å². The first kappa shape index (κ1) is 13.1. The van der Waals surface area contributed by atoms with Crippen molar-refractivity contribution in [1.82, 2.24) is 4.98 Å². The first-order valence-corrected chi connectivity index (χ1v) is 6.00. The van der Waals surface area contributed by atoms with E-state index in [9.17, 15) is 5.11 Å². The lowest BCUT2D eigenvalue weighted by Crippen LogP contribution is -2.17. The molecular weight excluding hydrogens is 272 g/mol. The lowest BCUT2D eigenvalue weighted by atomic mass is 10.0. The third-order valence-corrected chi connectivity index (χ3v) is 2.20. The number of aliphatic hydroxyl groups is 1. The molecule has 0 aromatic carbocycles. The lowest BCUT2D eigenvalue weighted by molar-refractivity contribution is 0.0738. The fraction of sp³-hybridized carbons (Fsp3) is 0.455. The van der Waals surface area contributed by atoms with Gasteiger partial charge in [0.05, 0.1) is 12.2 Å². The van der Waals surface area contributed by atoms with Crippen LogP contribution in [0.15, 0.2) is 23.3 Å². The van der Waals surface area contributed by atoms with Crippen molar-refractivity contribution >= 4 is 22.3 Å². The molecule has 0 aliphatic heterocycles. The van der Waals surface area contributed by atoms with Crippen LogP contribution < -0.4 is 0 Å². The molecule has 5 heteroatoms. The molecule has 0 saturated heterocycles. The maximum Gasteiger partial charge on any atom is 0.171 e. The molecule has 0 radical (unpaired) electrons. The van der Waals surface area contributed by atoms with Gasteiger partial charge in [-0.1, -0.05) is 6.07 Å². The van der Waals surface area contributed by atoms with Gasteiger partial charge >= 0.3 is 0 Å². The van der Waals surface area contributed by atoms with Gasteiger partial charge in [0.1, 0.15) is 11.1 Å². The summed E-state index contributed by atoms with van der Waals surface area (Å²) in [7, 11) is 0. The summed E-state index contributed by atoms with van der Waals surface area (Å²) >= 11 is 3.11. The van der Waals surface area contributed by atoms with Gasteiger partial charge in [0.2, 0.25) is 0 Å². The predicted octanol–water partition coefficient (Wildman–Crippen LogP) is 2.21. The number of nitrogens with zero attached hydrogens (tertiary/aromatic N) is 2. The van der Waals surface area contributed by atoms with E-state index in [1.165, 1.54) is 6.40 Å². The number of halogens is 1. The number of hydrogen-bond donors (Lipinski definition) is 1. The molecule has 0 aliphatic carbocycles. The molecule has 0 atom stereocenters. The van der Waals surface area contributed by atoms with Crippen molar-refractivity contribution in [3.63, 3.8) is 0 Å². The molecule has 0 aliphatic rings. The summed E-state index contributed by atoms with van der Waals surface area (Å²) in [6.07, 6.45) is 3.11. The Morgan fingerprint density at radius 2 is 2.31 bits per heavy atom. The van der Waals surface area contributed by atoms with Crippen LogP contribution in [-0.2, 0) is 16.9 Å². The molecule has 0 amide bonds. The smallest absolute Gasteiger partial charge is 0.171 e. The van der Waals surface area contributed by atoms with E-state index in [1.54, 1.807) is 26.1 Å². The number of aromatic nitrogens is 1. The third-order valence-electron chi connectivity index (χ3n) is 1.94. The van der Waals surface area contributed by atoms with Crippen molar-refractivity contribution in [2.24, 2.45) is 4.99 Å². The Balaban J connectivity index is 2.58. The molecule has 1 aromatic rings. The summed E-state index contributed by atoms with van der Waals surface area (Å²) in [6, 6.07) is 3.70. The van der Waals surface area contributed by atoms with Gasteiger partial charge in [0.15, 0.2) is 6.40 Å². The number of aliphatic imine (C=N–C) groups is 1. The Hall–Kier alpha value is -0.940. The molecule has 4 nitrogen and oxygen atoms in total. The largest absolute Gasteiger partial charge is 0.472 e. The molecule has 88 valence electrons. The summed E-state index contributed by atoms with van der Waals surface area (Å²) in [6.45, 7) is 3.93. The van der Waals surface area contributed by atoms with Crippen LogP contribution in [0.25, 0.3) is 0 Å². The van der Waals surface area contributed by atoms with Crippen LogP contribution in [0.3, 0.4) is 0 Å². The summed E-state index contributed by atoms with van der Waals surface area (Å²) in [5.74, 6) is 0. The minimum Gasteiger partial charge on any atom is -0.472 e. The molecule has 0 spiro atoms. The maximum atomic E-state index is 9.71. The highest BCUT2D eigenvalue weighted by Gasteiger charge is 2.16. The zero-order valence-electron chi connectivity index (χ0n) is 9.35. The van der Waals surface area contributed by atoms with Crippen LogP contribution in [0.2, 0.25) is 0 Å². The Morgan fingerprint density at radius 3 is 2.81 bits per heavy atom. The van der Waals surface area contributed by atoms with E-state index in [0.29, 0.717) is 17.8 Å². The third kappa shape index (κ3) is 4.28. The second-order valence-corrected chi connectivity index (χ2v) is 4.29. The van der Waals surface area contributed by atoms with E-state index in [2.05, 4.69) is 25.9 Å². The molecule has 0 unspecified atom stereocenters. The summed E-state index contributed by atoms with van der Waals surface area (Å²) < 4.78 is 4.90. The van der Waals surface area contributed by atoms with Crippen LogP contribution >= 0.6 is 15.9 Å². The minimum atomic E-state index is -0.902. The predicted molar refractivity (Wildman–Crippen MR) is 66.6 cm³/mol. The van der Waals surface area contributed by atoms with Crippen molar-refractivity contribution in [3.05, 3.63) is 29.6 Å². The molecule has 0 saturated carbocycles. The molecule has 1 N–H and O–H groups in total. The highest BCUT2D eigenvalue weighted by molar-refractivity contribution is 9.09. The SMILES string of the molecule is CC(C)(O)c1ccc(CN=COCBr)cn1. The average Bonchev–Trinajstić information content (AvgIpc) is 2.24. The fourth-order valence-corrected chi connectivity index (χ4v) is 1.22. The van der Waals surface area contributed by atoms with Crippen molar-refractivity contribution < 1.29 is 9.84 Å². The van der Waals surface area contributed by atoms with Gasteiger partial charge in [0, 0.05) is 6.20 Å². The highest BCUT2D eigenvalue weighted by atomic mass is 79.9. The number of rotatable bonds is 5. The lowest BCUT2D eigenvalue weighted by Gasteiger charge is -2.16. The number of alkyl halides is 1. The second kappa shape index (κ2) is 5.96. The quantitative estimate of drug-likeness (QED) is 0.513. The Morgan fingerprint density at radius 1 is 1.56 bits per heavy atom. The van der Waals surface area contributed by atoms with E-state index in [0.717, 1.165) is 5.56 Å². The van der Waals surface area contributed by atoms with E-state index in [4.69, 9.17) is 4.74 Å². The van der Waals surface area contributed by atoms with Gasteiger partial charge in [0.25, 0.3) is 0 Å². The van der Waals surface area contributed by atoms with Gasteiger partial charge in [-0.3, -0.25) is 9.98 Å². The van der Waals surface area contributed by atoms with Crippen molar-refractivity contribution in [2.45, 2.75) is 26.0 Å². The molecule has 16 heavy (non-hydrogen) atoms. The fourth-order valence-electron chi connectivity index (χ4n) is 1.10. The maximum absolute atomic E-state index is 9.71. The van der Waals surface area contributed by atoms with Crippen LogP contribution in [-0.4, -0.2) is 22.0 Å². The topological polar surface area (TPSA) is 54.7 Å². The summed E-state index contributed by atoms with van der Waals surface area (Å²) in [4.78, 5) is 8.22. The average molecular weight is 287 g/mol. The Bertz CT molecular complexity index is 344. The molecule has 0 bridgehead atoms. The second-order valence-electron chi connectivity index (χ2n) is 3.83. The van der Waals surface area contributed by atoms with E-state index in [-0.39, 0.29) is 0 Å². The van der Waals surface area contributed by atoms with Gasteiger partial charge in [-0.15, -0.1) is 0 Å². The van der Waals surface area contributed by atoms with Crippen molar-refractivity contribution in [3.8, 4) is 0 Å². The number of hydrogen-bond acceptors (Lipinski definition) is 4. The Kier molecular flexibility index (Phi) is 4.89. The zero-order valence-corrected chi connectivity index (χ0v) is 10.9. The van der Waals surface area contributed by atoms with E-state index >= 15 is 0 Å². The highest BCUT2D eigenvalue weighted by Crippen LogP contribution is 2.16. The molecule has 1 aromatic heterocycles. The van der Waals surface area contributed by atoms with Gasteiger partial charge in [-0.05, 0) is 41.4 Å². The standard InChI is InChI=1S/C11H15BrN2O2/c1-11(2,15)10-4-3-9(6-14-10)5-13-8-16-7-12/h3-4,6,8,15H,5,7H2,1-2H3. The zero-order chi connectivity index (χ0) is 12.0. The summed E-state index contributed by atoms with van der Waals surface area (Å²) in [5.41, 5.74) is 1.16. The minimum absolute atomic E-state index is 0.437. The van der Waals surface area contributed by atoms with Crippen LogP contribution in [0.5, 0.6) is 0 Å². The van der Waals surface area contributed by atoms with Crippen LogP contribution in [0.4, 0.5) is 0 Å². The van der Waals surface area contributed by atoms with E-state index in [1.807, 2.05) is 6.07 Å². The van der Waals surface area contributed by atoms with Crippen LogP contribution in [0.1, 0.15) is 25.1 Å². The first-order valence-electron chi connectivity index (χ1n) is 4.87. The van der Waals surface area contributed by atoms with Gasteiger partial charge in [-0.25, -0.2) is 0 Å². The van der Waals surface area contributed by atoms with Gasteiger partial charge in [-0.2, -0.15) is 0 Å². The van der Waals surface area contributed by atoms with Crippen molar-refractivity contribution in [2.75, 3.05) is 5.52 Å². The van der Waals surface area contributed by atoms with Crippen LogP contribution in [0, 0.1) is 0 Å². The number of ether oxygens (including phenoxy) is 1. The number of pyridine rings is 1. The Labute approximate surface area is 104 Å². The normalized spacial score (nSPS) is 12.0. The van der Waals surface area contributed by atoms with Crippen molar-refractivity contribution in [1.29, 1.82) is 0 Å². The summed E-state index contributed by atoms with van der Waals surface area (Å²) in [5, 5.41) is 9.71. The molecule has 0 fully saturated rings. The molecular formula is C11H15BrN2O2. The first-order chi connectivity index (χ1) is 7.54. The molecule has 1 rings (SSSR count). The molecule has 1 heterocycles.